The zero-order chi connectivity index (χ0) is 18.0. The van der Waals surface area contributed by atoms with E-state index in [2.05, 4.69) is 15.3 Å². The smallest absolute Gasteiger partial charge is 0.258 e. The molecule has 0 saturated carbocycles. The molecule has 0 spiro atoms. The quantitative estimate of drug-likeness (QED) is 0.318. The number of nitrogens with one attached hydrogen (secondary N) is 1. The number of non-ortho nitro benzene ring substituents is 1. The third-order valence-corrected chi connectivity index (χ3v) is 4.15. The van der Waals surface area contributed by atoms with Crippen LogP contribution in [0, 0.1) is 21.8 Å². The normalized spacial score (nSPS) is 11.1. The van der Waals surface area contributed by atoms with E-state index in [0.717, 1.165) is 11.1 Å². The van der Waals surface area contributed by atoms with E-state index in [1.807, 2.05) is 31.2 Å². The number of nitro benzene ring substituents is 1. The molecule has 0 radical (unpaired) electrons. The van der Waals surface area contributed by atoms with Gasteiger partial charge in [-0.15, -0.1) is 0 Å². The van der Waals surface area contributed by atoms with Crippen LogP contribution in [0.4, 0.5) is 5.69 Å². The van der Waals surface area contributed by atoms with Gasteiger partial charge >= 0.3 is 0 Å². The summed E-state index contributed by atoms with van der Waals surface area (Å²) in [6.45, 7) is 1.96. The molecule has 1 heterocycles. The Balaban J connectivity index is 2.05. The standard InChI is InChI=1S/C16H12ClN5O2S/c1-10-4-2-3-5-13(10)15-19-20-16(25)21(15)18-9-11-8-12(22(23)24)6-7-14(11)17/h2-9H,1H3,(H,20,25)/b18-9-. The minimum Gasteiger partial charge on any atom is -0.258 e. The van der Waals surface area contributed by atoms with Crippen LogP contribution in [0.25, 0.3) is 11.4 Å². The predicted octanol–water partition coefficient (Wildman–Crippen LogP) is 4.36. The maximum atomic E-state index is 10.9. The Morgan fingerprint density at radius 3 is 2.84 bits per heavy atom. The fourth-order valence-corrected chi connectivity index (χ4v) is 2.61. The molecule has 9 heteroatoms. The minimum absolute atomic E-state index is 0.0687. The topological polar surface area (TPSA) is 89.1 Å². The molecule has 1 N–H and O–H groups in total. The van der Waals surface area contributed by atoms with Gasteiger partial charge in [0.15, 0.2) is 5.82 Å². The highest BCUT2D eigenvalue weighted by atomic mass is 35.5. The van der Waals surface area contributed by atoms with Crippen molar-refractivity contribution in [3.63, 3.8) is 0 Å². The number of hydrogen-bond donors (Lipinski definition) is 1. The molecule has 7 nitrogen and oxygen atoms in total. The van der Waals surface area contributed by atoms with E-state index in [-0.39, 0.29) is 5.69 Å². The van der Waals surface area contributed by atoms with Crippen molar-refractivity contribution in [3.8, 4) is 11.4 Å². The maximum absolute atomic E-state index is 10.9. The van der Waals surface area contributed by atoms with Gasteiger partial charge < -0.3 is 0 Å². The number of nitro groups is 1. The van der Waals surface area contributed by atoms with Gasteiger partial charge in [-0.2, -0.15) is 14.9 Å². The second-order valence-corrected chi connectivity index (χ2v) is 5.98. The maximum Gasteiger partial charge on any atom is 0.270 e. The first-order valence-corrected chi connectivity index (χ1v) is 7.97. The van der Waals surface area contributed by atoms with Crippen LogP contribution in [0.5, 0.6) is 0 Å². The lowest BCUT2D eigenvalue weighted by molar-refractivity contribution is -0.384. The SMILES string of the molecule is Cc1ccccc1-c1n[nH]c(=S)n1/N=C\c1cc([N+](=O)[O-])ccc1Cl. The predicted molar refractivity (Wildman–Crippen MR) is 98.7 cm³/mol. The summed E-state index contributed by atoms with van der Waals surface area (Å²) in [6.07, 6.45) is 1.42. The Labute approximate surface area is 152 Å². The molecule has 0 amide bonds. The molecule has 1 aromatic heterocycles. The number of halogens is 1. The highest BCUT2D eigenvalue weighted by Gasteiger charge is 2.11. The lowest BCUT2D eigenvalue weighted by Gasteiger charge is -2.04. The monoisotopic (exact) mass is 373 g/mol. The zero-order valence-corrected chi connectivity index (χ0v) is 14.6. The molecular weight excluding hydrogens is 362 g/mol. The van der Waals surface area contributed by atoms with E-state index in [1.165, 1.54) is 29.1 Å². The number of aromatic nitrogens is 3. The van der Waals surface area contributed by atoms with Crippen LogP contribution in [0.2, 0.25) is 5.02 Å². The number of hydrogen-bond acceptors (Lipinski definition) is 5. The van der Waals surface area contributed by atoms with Crippen molar-refractivity contribution >= 4 is 35.7 Å². The summed E-state index contributed by atoms with van der Waals surface area (Å²) >= 11 is 11.3. The van der Waals surface area contributed by atoms with Crippen molar-refractivity contribution in [1.82, 2.24) is 14.9 Å². The van der Waals surface area contributed by atoms with E-state index >= 15 is 0 Å². The Kier molecular flexibility index (Phi) is 4.73. The summed E-state index contributed by atoms with van der Waals surface area (Å²) in [6, 6.07) is 11.8. The lowest BCUT2D eigenvalue weighted by Crippen LogP contribution is -1.97. The second kappa shape index (κ2) is 6.96. The first-order chi connectivity index (χ1) is 12.0. The van der Waals surface area contributed by atoms with Gasteiger partial charge in [0.2, 0.25) is 4.77 Å². The van der Waals surface area contributed by atoms with Crippen molar-refractivity contribution in [2.75, 3.05) is 0 Å². The molecule has 0 aliphatic carbocycles. The van der Waals surface area contributed by atoms with Crippen molar-refractivity contribution in [2.45, 2.75) is 6.92 Å². The molecule has 3 aromatic rings. The third-order valence-electron chi connectivity index (χ3n) is 3.54. The highest BCUT2D eigenvalue weighted by Crippen LogP contribution is 2.23. The summed E-state index contributed by atoms with van der Waals surface area (Å²) in [5, 5.41) is 22.5. The Bertz CT molecular complexity index is 1040. The zero-order valence-electron chi connectivity index (χ0n) is 13.0. The molecule has 0 fully saturated rings. The molecular formula is C16H12ClN5O2S. The number of benzene rings is 2. The van der Waals surface area contributed by atoms with Gasteiger partial charge in [-0.3, -0.25) is 10.1 Å². The largest absolute Gasteiger partial charge is 0.270 e. The molecule has 2 aromatic carbocycles. The van der Waals surface area contributed by atoms with Gasteiger partial charge in [0, 0.05) is 28.3 Å². The van der Waals surface area contributed by atoms with Gasteiger partial charge in [0.25, 0.3) is 5.69 Å². The first kappa shape index (κ1) is 17.0. The summed E-state index contributed by atoms with van der Waals surface area (Å²) in [5.74, 6) is 0.543. The number of H-pyrrole nitrogens is 1. The van der Waals surface area contributed by atoms with Gasteiger partial charge in [-0.25, -0.2) is 5.10 Å². The fraction of sp³-hybridized carbons (Fsp3) is 0.0625. The van der Waals surface area contributed by atoms with Crippen LogP contribution in [-0.4, -0.2) is 26.0 Å². The summed E-state index contributed by atoms with van der Waals surface area (Å²) in [4.78, 5) is 10.4. The van der Waals surface area contributed by atoms with Gasteiger partial charge in [0.05, 0.1) is 11.1 Å². The van der Waals surface area contributed by atoms with Crippen molar-refractivity contribution < 1.29 is 4.92 Å². The first-order valence-electron chi connectivity index (χ1n) is 7.19. The molecule has 0 bridgehead atoms. The molecule has 0 aliphatic heterocycles. The Morgan fingerprint density at radius 1 is 1.36 bits per heavy atom. The second-order valence-electron chi connectivity index (χ2n) is 5.19. The van der Waals surface area contributed by atoms with E-state index in [4.69, 9.17) is 23.8 Å². The number of rotatable bonds is 4. The Morgan fingerprint density at radius 2 is 2.12 bits per heavy atom. The molecule has 3 rings (SSSR count). The molecule has 0 unspecified atom stereocenters. The van der Waals surface area contributed by atoms with Crippen molar-refractivity contribution in [1.29, 1.82) is 0 Å². The highest BCUT2D eigenvalue weighted by molar-refractivity contribution is 7.71. The van der Waals surface area contributed by atoms with E-state index in [0.29, 0.717) is 21.2 Å². The number of nitrogens with zero attached hydrogens (tertiary/aromatic N) is 4. The molecule has 0 aliphatic rings. The van der Waals surface area contributed by atoms with Crippen LogP contribution in [0.1, 0.15) is 11.1 Å². The third kappa shape index (κ3) is 3.49. The van der Waals surface area contributed by atoms with Crippen molar-refractivity contribution in [2.24, 2.45) is 5.10 Å². The molecule has 25 heavy (non-hydrogen) atoms. The summed E-state index contributed by atoms with van der Waals surface area (Å²) in [5.41, 5.74) is 2.23. The van der Waals surface area contributed by atoms with Crippen LogP contribution in [-0.2, 0) is 0 Å². The van der Waals surface area contributed by atoms with Gasteiger partial charge in [-0.1, -0.05) is 35.9 Å². The molecule has 0 atom stereocenters. The van der Waals surface area contributed by atoms with Crippen LogP contribution in [0.3, 0.4) is 0 Å². The van der Waals surface area contributed by atoms with E-state index in [9.17, 15) is 10.1 Å². The Hall–Kier alpha value is -2.84. The van der Waals surface area contributed by atoms with Crippen molar-refractivity contribution in [3.05, 3.63) is 73.5 Å². The van der Waals surface area contributed by atoms with Gasteiger partial charge in [-0.05, 0) is 30.8 Å². The number of aryl methyl sites for hydroxylation is 1. The molecule has 126 valence electrons. The van der Waals surface area contributed by atoms with E-state index < -0.39 is 4.92 Å². The molecule has 0 saturated heterocycles. The lowest BCUT2D eigenvalue weighted by atomic mass is 10.1. The average Bonchev–Trinajstić information content (AvgIpc) is 2.95. The fourth-order valence-electron chi connectivity index (χ4n) is 2.26. The van der Waals surface area contributed by atoms with Crippen LogP contribution in [0.15, 0.2) is 47.6 Å². The van der Waals surface area contributed by atoms with Crippen LogP contribution < -0.4 is 0 Å². The summed E-state index contributed by atoms with van der Waals surface area (Å²) < 4.78 is 1.75. The van der Waals surface area contributed by atoms with Crippen LogP contribution >= 0.6 is 23.8 Å². The minimum atomic E-state index is -0.490. The number of aromatic amines is 1. The van der Waals surface area contributed by atoms with Gasteiger partial charge in [0.1, 0.15) is 0 Å². The summed E-state index contributed by atoms with van der Waals surface area (Å²) in [7, 11) is 0. The average molecular weight is 374 g/mol. The van der Waals surface area contributed by atoms with E-state index in [1.54, 1.807) is 0 Å².